The van der Waals surface area contributed by atoms with Gasteiger partial charge >= 0.3 is 11.9 Å². The van der Waals surface area contributed by atoms with Gasteiger partial charge in [0, 0.05) is 11.1 Å². The third-order valence-electron chi connectivity index (χ3n) is 17.6. The van der Waals surface area contributed by atoms with Gasteiger partial charge in [-0.05, 0) is 217 Å². The van der Waals surface area contributed by atoms with Gasteiger partial charge in [0.05, 0.1) is 16.5 Å². The molecule has 0 aliphatic heterocycles. The van der Waals surface area contributed by atoms with Crippen molar-refractivity contribution in [2.75, 3.05) is 0 Å². The molecular formula is C59H54O6. The summed E-state index contributed by atoms with van der Waals surface area (Å²) in [5, 5.41) is 19.6. The average Bonchev–Trinajstić information content (AvgIpc) is 3.59. The number of para-hydroxylation sites is 2. The zero-order valence-electron chi connectivity index (χ0n) is 36.7. The van der Waals surface area contributed by atoms with Crippen LogP contribution in [0.2, 0.25) is 0 Å². The molecule has 0 aromatic heterocycles. The fraction of sp³-hybridized carbons (Fsp3) is 0.356. The van der Waals surface area contributed by atoms with Crippen LogP contribution in [-0.2, 0) is 16.2 Å². The predicted molar refractivity (Wildman–Crippen MR) is 250 cm³/mol. The Morgan fingerprint density at radius 3 is 1.25 bits per heavy atom. The Labute approximate surface area is 380 Å². The molecule has 0 saturated heterocycles. The molecule has 0 radical (unpaired) electrons. The highest BCUT2D eigenvalue weighted by molar-refractivity contribution is 5.91. The number of aromatic carboxylic acids is 2. The molecule has 0 spiro atoms. The van der Waals surface area contributed by atoms with Gasteiger partial charge in [-0.2, -0.15) is 0 Å². The van der Waals surface area contributed by atoms with E-state index in [2.05, 4.69) is 72.8 Å². The molecule has 8 fully saturated rings. The monoisotopic (exact) mass is 858 g/mol. The highest BCUT2D eigenvalue weighted by atomic mass is 16.5. The van der Waals surface area contributed by atoms with Gasteiger partial charge in [0.2, 0.25) is 0 Å². The largest absolute Gasteiger partial charge is 0.478 e. The minimum absolute atomic E-state index is 0.0387. The van der Waals surface area contributed by atoms with Crippen LogP contribution < -0.4 is 9.47 Å². The van der Waals surface area contributed by atoms with E-state index in [9.17, 15) is 19.8 Å². The summed E-state index contributed by atoms with van der Waals surface area (Å²) in [7, 11) is 0. The first-order chi connectivity index (χ1) is 31.7. The molecule has 0 amide bonds. The summed E-state index contributed by atoms with van der Waals surface area (Å²) >= 11 is 0. The Balaban J connectivity index is 1.13. The quantitative estimate of drug-likeness (QED) is 0.142. The van der Waals surface area contributed by atoms with Crippen LogP contribution in [0.15, 0.2) is 133 Å². The summed E-state index contributed by atoms with van der Waals surface area (Å²) < 4.78 is 14.1. The third kappa shape index (κ3) is 5.97. The molecule has 65 heavy (non-hydrogen) atoms. The van der Waals surface area contributed by atoms with Gasteiger partial charge in [0.15, 0.2) is 0 Å². The molecule has 2 N–H and O–H groups in total. The first kappa shape index (κ1) is 39.2. The first-order valence-corrected chi connectivity index (χ1v) is 24.2. The topological polar surface area (TPSA) is 93.1 Å². The lowest BCUT2D eigenvalue weighted by Gasteiger charge is -2.61. The fourth-order valence-corrected chi connectivity index (χ4v) is 16.3. The summed E-state index contributed by atoms with van der Waals surface area (Å²) in [5.74, 6) is 5.21. The molecule has 15 rings (SSSR count). The molecule has 8 bridgehead atoms. The number of carbonyl (C=O) groups is 2. The number of carboxylic acids is 2. The minimum Gasteiger partial charge on any atom is -0.478 e. The van der Waals surface area contributed by atoms with E-state index < -0.39 is 17.4 Å². The van der Waals surface area contributed by atoms with Gasteiger partial charge in [0.25, 0.3) is 0 Å². The maximum absolute atomic E-state index is 12.0. The van der Waals surface area contributed by atoms with Crippen molar-refractivity contribution in [1.82, 2.24) is 0 Å². The summed E-state index contributed by atoms with van der Waals surface area (Å²) in [6.45, 7) is 0. The van der Waals surface area contributed by atoms with Gasteiger partial charge in [-0.15, -0.1) is 0 Å². The van der Waals surface area contributed by atoms with E-state index in [0.717, 1.165) is 46.6 Å². The van der Waals surface area contributed by atoms with Gasteiger partial charge in [-0.3, -0.25) is 0 Å². The number of hydrogen-bond acceptors (Lipinski definition) is 4. The second-order valence-electron chi connectivity index (χ2n) is 21.5. The van der Waals surface area contributed by atoms with Crippen molar-refractivity contribution in [2.24, 2.45) is 35.5 Å². The summed E-state index contributed by atoms with van der Waals surface area (Å²) in [5.41, 5.74) is 10.1. The zero-order valence-corrected chi connectivity index (χ0v) is 36.7. The van der Waals surface area contributed by atoms with E-state index in [1.54, 1.807) is 59.7 Å². The third-order valence-corrected chi connectivity index (χ3v) is 17.6. The molecule has 0 unspecified atom stereocenters. The lowest BCUT2D eigenvalue weighted by Crippen LogP contribution is -2.53. The molecule has 6 aromatic carbocycles. The van der Waals surface area contributed by atoms with E-state index in [1.165, 1.54) is 99.3 Å². The predicted octanol–water partition coefficient (Wildman–Crippen LogP) is 14.0. The maximum atomic E-state index is 12.0. The molecule has 9 aliphatic rings. The van der Waals surface area contributed by atoms with E-state index in [0.29, 0.717) is 23.0 Å². The van der Waals surface area contributed by atoms with Gasteiger partial charge in [-0.25, -0.2) is 9.59 Å². The number of fused-ring (bicyclic) bond motifs is 3. The lowest BCUT2D eigenvalue weighted by atomic mass is 9.43. The Bertz CT molecular complexity index is 2730. The van der Waals surface area contributed by atoms with Crippen LogP contribution in [-0.4, -0.2) is 22.2 Å². The minimum atomic E-state index is -0.976. The van der Waals surface area contributed by atoms with Crippen LogP contribution in [0.4, 0.5) is 0 Å². The number of ether oxygens (including phenoxy) is 2. The van der Waals surface area contributed by atoms with Gasteiger partial charge < -0.3 is 19.7 Å². The second-order valence-corrected chi connectivity index (χ2v) is 21.5. The van der Waals surface area contributed by atoms with Crippen LogP contribution in [0.25, 0.3) is 11.1 Å². The Morgan fingerprint density at radius 1 is 0.400 bits per heavy atom. The zero-order chi connectivity index (χ0) is 43.7. The molecule has 6 nitrogen and oxygen atoms in total. The molecular weight excluding hydrogens is 805 g/mol. The highest BCUT2D eigenvalue weighted by Gasteiger charge is 2.61. The number of hydrogen-bond donors (Lipinski definition) is 2. The van der Waals surface area contributed by atoms with E-state index in [-0.39, 0.29) is 22.0 Å². The Hall–Kier alpha value is -6.14. The lowest BCUT2D eigenvalue weighted by molar-refractivity contribution is -0.0178. The highest BCUT2D eigenvalue weighted by Crippen LogP contribution is 2.70. The van der Waals surface area contributed by atoms with Crippen molar-refractivity contribution in [1.29, 1.82) is 0 Å². The Morgan fingerprint density at radius 2 is 0.800 bits per heavy atom. The van der Waals surface area contributed by atoms with Crippen LogP contribution in [0.5, 0.6) is 23.0 Å². The van der Waals surface area contributed by atoms with E-state index in [1.807, 2.05) is 12.1 Å². The number of carboxylic acid groups (broad SMARTS) is 2. The molecule has 9 aliphatic carbocycles. The van der Waals surface area contributed by atoms with Crippen molar-refractivity contribution >= 4 is 11.9 Å². The normalized spacial score (nSPS) is 29.3. The summed E-state index contributed by atoms with van der Waals surface area (Å²) in [6.07, 6.45) is 15.8. The van der Waals surface area contributed by atoms with Crippen molar-refractivity contribution in [2.45, 2.75) is 93.3 Å². The molecule has 8 saturated carbocycles. The van der Waals surface area contributed by atoms with Crippen LogP contribution in [0.3, 0.4) is 0 Å². The van der Waals surface area contributed by atoms with Crippen LogP contribution in [0.1, 0.15) is 131 Å². The fourth-order valence-electron chi connectivity index (χ4n) is 16.3. The number of benzene rings is 6. The van der Waals surface area contributed by atoms with Gasteiger partial charge in [0.1, 0.15) is 23.0 Å². The maximum Gasteiger partial charge on any atom is 0.335 e. The molecule has 6 heteroatoms. The SMILES string of the molecule is O=C(O)c1ccc(Oc2ccccc2C2(c3ccccc3Oc3ccc(C(=O)O)cc3)c3ccccc3-c3ccc(C45CC6CC(CC(C6)C4)C5)c(C45CC6CC(CC(C6)C4)C5)c32)cc1. The average molecular weight is 859 g/mol. The first-order valence-electron chi connectivity index (χ1n) is 24.2. The van der Waals surface area contributed by atoms with Crippen molar-refractivity contribution in [3.63, 3.8) is 0 Å². The van der Waals surface area contributed by atoms with E-state index in [4.69, 9.17) is 9.47 Å². The smallest absolute Gasteiger partial charge is 0.335 e. The second kappa shape index (κ2) is 14.4. The van der Waals surface area contributed by atoms with Crippen molar-refractivity contribution < 1.29 is 29.3 Å². The molecule has 6 aromatic rings. The van der Waals surface area contributed by atoms with Crippen LogP contribution >= 0.6 is 0 Å². The van der Waals surface area contributed by atoms with Crippen molar-refractivity contribution in [3.05, 3.63) is 178 Å². The standard InChI is InChI=1S/C59H54O6/c60-55(61)41-13-17-43(18-14-41)64-51-11-5-3-9-48(51)59(49-10-4-6-12-52(49)65-44-19-15-42(16-20-44)56(62)63)47-8-2-1-7-45(47)46-21-22-50(57-29-35-23-36(30-57)25-37(24-35)31-57)54(53(46)59)58-32-38-26-39(33-58)28-40(27-38)34-58/h1-22,35-40H,23-34H2,(H,60,61)(H,62,63). The van der Waals surface area contributed by atoms with Crippen molar-refractivity contribution in [3.8, 4) is 34.1 Å². The summed E-state index contributed by atoms with van der Waals surface area (Å²) in [6, 6.07) is 44.7. The van der Waals surface area contributed by atoms with Crippen LogP contribution in [0, 0.1) is 35.5 Å². The molecule has 326 valence electrons. The Kier molecular flexibility index (Phi) is 8.71. The number of rotatable bonds is 10. The summed E-state index contributed by atoms with van der Waals surface area (Å²) in [4.78, 5) is 23.9. The molecule has 0 atom stereocenters. The van der Waals surface area contributed by atoms with E-state index >= 15 is 0 Å². The molecule has 0 heterocycles. The van der Waals surface area contributed by atoms with Gasteiger partial charge in [-0.1, -0.05) is 72.8 Å².